The summed E-state index contributed by atoms with van der Waals surface area (Å²) in [6, 6.07) is 7.52. The van der Waals surface area contributed by atoms with E-state index < -0.39 is 11.8 Å². The molecular weight excluding hydrogens is 350 g/mol. The Morgan fingerprint density at radius 1 is 1.26 bits per heavy atom. The number of nitrogens with zero attached hydrogens (tertiary/aromatic N) is 5. The Morgan fingerprint density at radius 3 is 2.81 bits per heavy atom. The van der Waals surface area contributed by atoms with Crippen molar-refractivity contribution in [2.24, 2.45) is 19.3 Å². The molecule has 4 rings (SSSR count). The van der Waals surface area contributed by atoms with Gasteiger partial charge >= 0.3 is 5.69 Å². The van der Waals surface area contributed by atoms with Crippen molar-refractivity contribution in [3.63, 3.8) is 0 Å². The molecule has 1 aromatic carbocycles. The summed E-state index contributed by atoms with van der Waals surface area (Å²) in [6.45, 7) is 0.106. The lowest BCUT2D eigenvalue weighted by Gasteiger charge is -2.12. The predicted molar refractivity (Wildman–Crippen MR) is 99.2 cm³/mol. The molecule has 0 amide bonds. The highest BCUT2D eigenvalue weighted by atomic mass is 16.6. The van der Waals surface area contributed by atoms with Crippen LogP contribution in [0.5, 0.6) is 5.75 Å². The van der Waals surface area contributed by atoms with E-state index in [1.165, 1.54) is 15.5 Å². The maximum Gasteiger partial charge on any atom is 0.332 e. The summed E-state index contributed by atoms with van der Waals surface area (Å²) < 4.78 is 9.52. The van der Waals surface area contributed by atoms with Crippen LogP contribution in [0.25, 0.3) is 11.2 Å². The first-order valence-electron chi connectivity index (χ1n) is 8.48. The van der Waals surface area contributed by atoms with Gasteiger partial charge in [0, 0.05) is 26.1 Å². The van der Waals surface area contributed by atoms with E-state index >= 15 is 0 Å². The van der Waals surface area contributed by atoms with Crippen LogP contribution in [-0.4, -0.2) is 37.6 Å². The fraction of sp³-hybridized carbons (Fsp3) is 0.333. The summed E-state index contributed by atoms with van der Waals surface area (Å²) in [4.78, 5) is 35.0. The zero-order chi connectivity index (χ0) is 19.1. The third-order valence-corrected chi connectivity index (χ3v) is 4.74. The van der Waals surface area contributed by atoms with E-state index in [2.05, 4.69) is 10.1 Å². The van der Waals surface area contributed by atoms with Crippen molar-refractivity contribution in [2.75, 3.05) is 7.11 Å². The van der Waals surface area contributed by atoms with Crippen LogP contribution in [0, 0.1) is 0 Å². The van der Waals surface area contributed by atoms with Gasteiger partial charge in [0.25, 0.3) is 5.56 Å². The van der Waals surface area contributed by atoms with E-state index in [0.717, 1.165) is 11.3 Å². The fourth-order valence-corrected chi connectivity index (χ4v) is 3.33. The molecule has 0 saturated heterocycles. The molecule has 0 spiro atoms. The SMILES string of the molecule is COc1ccccc1C1=NO[C@H](Cn2c(=O)c3c(ncn3C)n(C)c2=O)C1. The van der Waals surface area contributed by atoms with Crippen LogP contribution in [-0.2, 0) is 25.5 Å². The van der Waals surface area contributed by atoms with Gasteiger partial charge in [-0.1, -0.05) is 17.3 Å². The molecule has 3 aromatic rings. The molecule has 27 heavy (non-hydrogen) atoms. The lowest BCUT2D eigenvalue weighted by molar-refractivity contribution is 0.0706. The Bertz CT molecular complexity index is 1170. The third kappa shape index (κ3) is 2.71. The molecule has 0 aliphatic carbocycles. The molecule has 1 atom stereocenters. The monoisotopic (exact) mass is 369 g/mol. The van der Waals surface area contributed by atoms with Crippen molar-refractivity contribution < 1.29 is 9.57 Å². The van der Waals surface area contributed by atoms with Gasteiger partial charge in [-0.2, -0.15) is 0 Å². The van der Waals surface area contributed by atoms with E-state index in [9.17, 15) is 9.59 Å². The number of methoxy groups -OCH3 is 1. The molecule has 140 valence electrons. The Labute approximate surface area is 154 Å². The molecule has 3 heterocycles. The van der Waals surface area contributed by atoms with Crippen molar-refractivity contribution in [1.29, 1.82) is 0 Å². The number of imidazole rings is 1. The smallest absolute Gasteiger partial charge is 0.332 e. The van der Waals surface area contributed by atoms with Gasteiger partial charge in [-0.15, -0.1) is 0 Å². The highest BCUT2D eigenvalue weighted by Crippen LogP contribution is 2.24. The quantitative estimate of drug-likeness (QED) is 0.673. The molecule has 0 saturated carbocycles. The van der Waals surface area contributed by atoms with Crippen LogP contribution in [0.3, 0.4) is 0 Å². The normalized spacial score (nSPS) is 16.4. The topological polar surface area (TPSA) is 92.6 Å². The molecule has 0 N–H and O–H groups in total. The van der Waals surface area contributed by atoms with Crippen molar-refractivity contribution in [1.82, 2.24) is 18.7 Å². The third-order valence-electron chi connectivity index (χ3n) is 4.74. The molecule has 0 fully saturated rings. The van der Waals surface area contributed by atoms with Crippen LogP contribution in [0.1, 0.15) is 12.0 Å². The summed E-state index contributed by atoms with van der Waals surface area (Å²) in [5.41, 5.74) is 1.49. The standard InChI is InChI=1S/C18H19N5O4/c1-21-10-19-16-15(21)17(24)23(18(25)22(16)2)9-11-8-13(20-27-11)12-6-4-5-7-14(12)26-3/h4-7,10-11H,8-9H2,1-3H3/t11-/m0/s1. The second-order valence-corrected chi connectivity index (χ2v) is 6.45. The molecule has 9 nitrogen and oxygen atoms in total. The lowest BCUT2D eigenvalue weighted by atomic mass is 10.0. The second-order valence-electron chi connectivity index (χ2n) is 6.45. The number of para-hydroxylation sites is 1. The minimum Gasteiger partial charge on any atom is -0.496 e. The van der Waals surface area contributed by atoms with Crippen LogP contribution >= 0.6 is 0 Å². The van der Waals surface area contributed by atoms with Crippen molar-refractivity contribution in [3.8, 4) is 5.75 Å². The molecule has 0 unspecified atom stereocenters. The number of aryl methyl sites for hydroxylation is 2. The summed E-state index contributed by atoms with van der Waals surface area (Å²) in [7, 11) is 4.92. The lowest BCUT2D eigenvalue weighted by Crippen LogP contribution is -2.42. The van der Waals surface area contributed by atoms with Gasteiger partial charge < -0.3 is 14.1 Å². The van der Waals surface area contributed by atoms with E-state index in [1.807, 2.05) is 24.3 Å². The maximum atomic E-state index is 12.8. The number of benzene rings is 1. The van der Waals surface area contributed by atoms with Crippen LogP contribution < -0.4 is 16.0 Å². The Balaban J connectivity index is 1.65. The first-order chi connectivity index (χ1) is 13.0. The van der Waals surface area contributed by atoms with Crippen LogP contribution in [0.2, 0.25) is 0 Å². The molecule has 0 bridgehead atoms. The van der Waals surface area contributed by atoms with Gasteiger partial charge in [0.05, 0.1) is 25.7 Å². The first-order valence-corrected chi connectivity index (χ1v) is 8.48. The zero-order valence-corrected chi connectivity index (χ0v) is 15.2. The number of oxime groups is 1. The van der Waals surface area contributed by atoms with Gasteiger partial charge in [-0.25, -0.2) is 9.78 Å². The maximum absolute atomic E-state index is 12.8. The molecule has 2 aromatic heterocycles. The van der Waals surface area contributed by atoms with Crippen molar-refractivity contribution in [3.05, 3.63) is 57.0 Å². The van der Waals surface area contributed by atoms with Gasteiger partial charge in [-0.05, 0) is 12.1 Å². The molecular formula is C18H19N5O4. The fourth-order valence-electron chi connectivity index (χ4n) is 3.33. The van der Waals surface area contributed by atoms with Gasteiger partial charge in [0.15, 0.2) is 17.3 Å². The average Bonchev–Trinajstić information content (AvgIpc) is 3.30. The minimum atomic E-state index is -0.430. The Hall–Kier alpha value is -3.36. The number of hydrogen-bond acceptors (Lipinski definition) is 6. The second kappa shape index (κ2) is 6.42. The summed E-state index contributed by atoms with van der Waals surface area (Å²) in [5, 5.41) is 4.14. The largest absolute Gasteiger partial charge is 0.496 e. The summed E-state index contributed by atoms with van der Waals surface area (Å²) in [6.07, 6.45) is 1.57. The van der Waals surface area contributed by atoms with E-state index in [4.69, 9.17) is 9.57 Å². The van der Waals surface area contributed by atoms with Crippen LogP contribution in [0.4, 0.5) is 0 Å². The predicted octanol–water partition coefficient (Wildman–Crippen LogP) is 0.636. The first kappa shape index (κ1) is 17.1. The van der Waals surface area contributed by atoms with Gasteiger partial charge in [-0.3, -0.25) is 13.9 Å². The van der Waals surface area contributed by atoms with Crippen LogP contribution in [0.15, 0.2) is 45.3 Å². The van der Waals surface area contributed by atoms with Crippen molar-refractivity contribution in [2.45, 2.75) is 19.1 Å². The van der Waals surface area contributed by atoms with E-state index in [0.29, 0.717) is 23.3 Å². The Kier molecular flexibility index (Phi) is 4.06. The van der Waals surface area contributed by atoms with Gasteiger partial charge in [0.1, 0.15) is 5.75 Å². The van der Waals surface area contributed by atoms with Gasteiger partial charge in [0.2, 0.25) is 0 Å². The summed E-state index contributed by atoms with van der Waals surface area (Å²) in [5.74, 6) is 0.699. The zero-order valence-electron chi connectivity index (χ0n) is 15.2. The highest BCUT2D eigenvalue weighted by molar-refractivity contribution is 6.03. The van der Waals surface area contributed by atoms with E-state index in [-0.39, 0.29) is 12.1 Å². The molecule has 1 aliphatic rings. The Morgan fingerprint density at radius 2 is 2.04 bits per heavy atom. The molecule has 9 heteroatoms. The number of fused-ring (bicyclic) bond motifs is 1. The molecule has 0 radical (unpaired) electrons. The van der Waals surface area contributed by atoms with E-state index in [1.54, 1.807) is 25.8 Å². The molecule has 1 aliphatic heterocycles. The number of hydrogen-bond donors (Lipinski definition) is 0. The van der Waals surface area contributed by atoms with Crippen molar-refractivity contribution >= 4 is 16.9 Å². The number of aromatic nitrogens is 4. The average molecular weight is 369 g/mol. The number of ether oxygens (including phenoxy) is 1. The number of rotatable bonds is 4. The highest BCUT2D eigenvalue weighted by Gasteiger charge is 2.26. The summed E-state index contributed by atoms with van der Waals surface area (Å²) >= 11 is 0. The minimum absolute atomic E-state index is 0.106.